The van der Waals surface area contributed by atoms with Gasteiger partial charge in [-0.05, 0) is 12.8 Å². The predicted molar refractivity (Wildman–Crippen MR) is 51.2 cm³/mol. The Morgan fingerprint density at radius 3 is 3.00 bits per heavy atom. The van der Waals surface area contributed by atoms with E-state index >= 15 is 0 Å². The molecule has 1 aliphatic heterocycles. The Balaban J connectivity index is 1.63. The summed E-state index contributed by atoms with van der Waals surface area (Å²) in [5.41, 5.74) is 0. The highest BCUT2D eigenvalue weighted by Crippen LogP contribution is 2.38. The Labute approximate surface area is 87.4 Å². The number of carbonyl (C=O) groups is 1. The van der Waals surface area contributed by atoms with Gasteiger partial charge < -0.3 is 4.52 Å². The summed E-state index contributed by atoms with van der Waals surface area (Å²) in [5.74, 6) is 2.30. The molecule has 0 unspecified atom stereocenters. The standard InChI is InChI=1S/C10H13N3O2/c14-8-3-4-13(5-8)6-9-11-10(15-12-9)7-1-2-7/h7H,1-6H2. The third-order valence-electron chi connectivity index (χ3n) is 2.88. The first-order valence-corrected chi connectivity index (χ1v) is 5.38. The minimum absolute atomic E-state index is 0.306. The van der Waals surface area contributed by atoms with Crippen LogP contribution in [0.1, 0.15) is 36.9 Å². The molecule has 0 radical (unpaired) electrons. The lowest BCUT2D eigenvalue weighted by molar-refractivity contribution is -0.116. The molecule has 1 aromatic rings. The summed E-state index contributed by atoms with van der Waals surface area (Å²) in [6.07, 6.45) is 3.00. The molecule has 15 heavy (non-hydrogen) atoms. The van der Waals surface area contributed by atoms with Gasteiger partial charge >= 0.3 is 0 Å². The number of rotatable bonds is 3. The summed E-state index contributed by atoms with van der Waals surface area (Å²) >= 11 is 0. The van der Waals surface area contributed by atoms with E-state index in [4.69, 9.17) is 4.52 Å². The Kier molecular flexibility index (Phi) is 2.05. The van der Waals surface area contributed by atoms with E-state index in [0.29, 0.717) is 37.0 Å². The fourth-order valence-corrected chi connectivity index (χ4v) is 1.85. The fourth-order valence-electron chi connectivity index (χ4n) is 1.85. The van der Waals surface area contributed by atoms with Crippen molar-refractivity contribution < 1.29 is 9.32 Å². The van der Waals surface area contributed by atoms with Gasteiger partial charge in [-0.1, -0.05) is 5.16 Å². The summed E-state index contributed by atoms with van der Waals surface area (Å²) in [5, 5.41) is 3.93. The Bertz CT molecular complexity index is 384. The highest BCUT2D eigenvalue weighted by Gasteiger charge is 2.30. The van der Waals surface area contributed by atoms with Crippen LogP contribution < -0.4 is 0 Å². The summed E-state index contributed by atoms with van der Waals surface area (Å²) in [7, 11) is 0. The molecule has 2 heterocycles. The first-order valence-electron chi connectivity index (χ1n) is 5.38. The lowest BCUT2D eigenvalue weighted by Gasteiger charge is -2.08. The van der Waals surface area contributed by atoms with Gasteiger partial charge in [0, 0.05) is 18.9 Å². The van der Waals surface area contributed by atoms with Crippen LogP contribution >= 0.6 is 0 Å². The molecular formula is C10H13N3O2. The normalized spacial score (nSPS) is 22.5. The van der Waals surface area contributed by atoms with Crippen molar-refractivity contribution in [2.45, 2.75) is 31.7 Å². The SMILES string of the molecule is O=C1CCN(Cc2noc(C3CC3)n2)C1. The number of Topliss-reactive ketones (excluding diaryl/α,β-unsaturated/α-hetero) is 1. The van der Waals surface area contributed by atoms with Crippen molar-refractivity contribution in [2.24, 2.45) is 0 Å². The van der Waals surface area contributed by atoms with Crippen LogP contribution in [0.25, 0.3) is 0 Å². The summed E-state index contributed by atoms with van der Waals surface area (Å²) in [6, 6.07) is 0. The van der Waals surface area contributed by atoms with Gasteiger partial charge in [-0.15, -0.1) is 0 Å². The van der Waals surface area contributed by atoms with Crippen molar-refractivity contribution in [3.05, 3.63) is 11.7 Å². The molecule has 2 aliphatic rings. The average molecular weight is 207 g/mol. The van der Waals surface area contributed by atoms with Gasteiger partial charge in [-0.2, -0.15) is 4.98 Å². The van der Waals surface area contributed by atoms with Gasteiger partial charge in [0.05, 0.1) is 13.1 Å². The van der Waals surface area contributed by atoms with Gasteiger partial charge in [0.25, 0.3) is 0 Å². The molecule has 1 saturated carbocycles. The highest BCUT2D eigenvalue weighted by molar-refractivity contribution is 5.82. The van der Waals surface area contributed by atoms with Crippen LogP contribution in [0.5, 0.6) is 0 Å². The fraction of sp³-hybridized carbons (Fsp3) is 0.700. The van der Waals surface area contributed by atoms with Crippen molar-refractivity contribution in [1.82, 2.24) is 15.0 Å². The average Bonchev–Trinajstić information content (AvgIpc) is 2.84. The number of ketones is 1. The number of likely N-dealkylation sites (tertiary alicyclic amines) is 1. The quantitative estimate of drug-likeness (QED) is 0.731. The van der Waals surface area contributed by atoms with E-state index in [1.165, 1.54) is 12.8 Å². The van der Waals surface area contributed by atoms with Gasteiger partial charge in [-0.25, -0.2) is 0 Å². The second-order valence-corrected chi connectivity index (χ2v) is 4.32. The van der Waals surface area contributed by atoms with E-state index in [-0.39, 0.29) is 0 Å². The van der Waals surface area contributed by atoms with E-state index in [2.05, 4.69) is 15.0 Å². The van der Waals surface area contributed by atoms with E-state index < -0.39 is 0 Å². The lowest BCUT2D eigenvalue weighted by Crippen LogP contribution is -2.20. The molecular weight excluding hydrogens is 194 g/mol. The van der Waals surface area contributed by atoms with Gasteiger partial charge in [0.1, 0.15) is 5.78 Å². The van der Waals surface area contributed by atoms with E-state index in [0.717, 1.165) is 12.4 Å². The zero-order chi connectivity index (χ0) is 10.3. The van der Waals surface area contributed by atoms with E-state index in [9.17, 15) is 4.79 Å². The lowest BCUT2D eigenvalue weighted by atomic mass is 10.4. The van der Waals surface area contributed by atoms with Gasteiger partial charge in [-0.3, -0.25) is 9.69 Å². The van der Waals surface area contributed by atoms with Gasteiger partial charge in [0.2, 0.25) is 5.89 Å². The molecule has 2 fully saturated rings. The number of aromatic nitrogens is 2. The van der Waals surface area contributed by atoms with Crippen LogP contribution in [-0.2, 0) is 11.3 Å². The molecule has 0 bridgehead atoms. The molecule has 1 aliphatic carbocycles. The Morgan fingerprint density at radius 2 is 2.33 bits per heavy atom. The van der Waals surface area contributed by atoms with Crippen molar-refractivity contribution in [3.63, 3.8) is 0 Å². The molecule has 80 valence electrons. The zero-order valence-corrected chi connectivity index (χ0v) is 8.48. The van der Waals surface area contributed by atoms with Crippen molar-refractivity contribution >= 4 is 5.78 Å². The molecule has 0 spiro atoms. The number of carbonyl (C=O) groups excluding carboxylic acids is 1. The van der Waals surface area contributed by atoms with Gasteiger partial charge in [0.15, 0.2) is 5.82 Å². The minimum Gasteiger partial charge on any atom is -0.339 e. The first-order chi connectivity index (χ1) is 7.31. The largest absolute Gasteiger partial charge is 0.339 e. The molecule has 0 aromatic carbocycles. The molecule has 5 nitrogen and oxygen atoms in total. The second-order valence-electron chi connectivity index (χ2n) is 4.32. The number of hydrogen-bond acceptors (Lipinski definition) is 5. The Morgan fingerprint density at radius 1 is 1.47 bits per heavy atom. The second kappa shape index (κ2) is 3.41. The smallest absolute Gasteiger partial charge is 0.229 e. The van der Waals surface area contributed by atoms with Crippen LogP contribution in [0.3, 0.4) is 0 Å². The highest BCUT2D eigenvalue weighted by atomic mass is 16.5. The number of hydrogen-bond donors (Lipinski definition) is 0. The van der Waals surface area contributed by atoms with Crippen LogP contribution in [-0.4, -0.2) is 33.9 Å². The van der Waals surface area contributed by atoms with Crippen molar-refractivity contribution in [1.29, 1.82) is 0 Å². The monoisotopic (exact) mass is 207 g/mol. The minimum atomic E-state index is 0.306. The van der Waals surface area contributed by atoms with Crippen LogP contribution in [0.15, 0.2) is 4.52 Å². The number of nitrogens with zero attached hydrogens (tertiary/aromatic N) is 3. The molecule has 0 atom stereocenters. The maximum atomic E-state index is 11.1. The molecule has 0 amide bonds. The predicted octanol–water partition coefficient (Wildman–Crippen LogP) is 0.722. The molecule has 3 rings (SSSR count). The third kappa shape index (κ3) is 1.92. The maximum Gasteiger partial charge on any atom is 0.229 e. The summed E-state index contributed by atoms with van der Waals surface area (Å²) in [4.78, 5) is 17.5. The van der Waals surface area contributed by atoms with Crippen molar-refractivity contribution in [3.8, 4) is 0 Å². The summed E-state index contributed by atoms with van der Waals surface area (Å²) in [6.45, 7) is 2.00. The van der Waals surface area contributed by atoms with E-state index in [1.54, 1.807) is 0 Å². The third-order valence-corrected chi connectivity index (χ3v) is 2.88. The van der Waals surface area contributed by atoms with E-state index in [1.807, 2.05) is 0 Å². The van der Waals surface area contributed by atoms with Crippen molar-refractivity contribution in [2.75, 3.05) is 13.1 Å². The first kappa shape index (κ1) is 9.03. The molecule has 1 aromatic heterocycles. The van der Waals surface area contributed by atoms with Crippen LogP contribution in [0.4, 0.5) is 0 Å². The topological polar surface area (TPSA) is 59.2 Å². The molecule has 5 heteroatoms. The molecule has 0 N–H and O–H groups in total. The van der Waals surface area contributed by atoms with Crippen LogP contribution in [0, 0.1) is 0 Å². The Hall–Kier alpha value is -1.23. The summed E-state index contributed by atoms with van der Waals surface area (Å²) < 4.78 is 5.15. The molecule has 1 saturated heterocycles. The van der Waals surface area contributed by atoms with Crippen LogP contribution in [0.2, 0.25) is 0 Å². The zero-order valence-electron chi connectivity index (χ0n) is 8.48. The maximum absolute atomic E-state index is 11.1.